The molecule has 0 atom stereocenters. The molecule has 0 unspecified atom stereocenters. The molecule has 3 aliphatic rings. The van der Waals surface area contributed by atoms with Gasteiger partial charge in [0.2, 0.25) is 0 Å². The number of hydrogen-bond acceptors (Lipinski definition) is 2. The van der Waals surface area contributed by atoms with Gasteiger partial charge < -0.3 is 9.47 Å². The van der Waals surface area contributed by atoms with Crippen LogP contribution in [0.25, 0.3) is 0 Å². The van der Waals surface area contributed by atoms with E-state index < -0.39 is 0 Å². The van der Waals surface area contributed by atoms with Crippen molar-refractivity contribution in [2.75, 3.05) is 14.2 Å². The summed E-state index contributed by atoms with van der Waals surface area (Å²) in [4.78, 5) is 0. The normalized spacial score (nSPS) is 21.2. The molecular weight excluding hydrogens is 344 g/mol. The third kappa shape index (κ3) is 1.96. The number of aryl methyl sites for hydroxylation is 2. The zero-order chi connectivity index (χ0) is 18.9. The van der Waals surface area contributed by atoms with Crippen LogP contribution in [-0.4, -0.2) is 14.2 Å². The van der Waals surface area contributed by atoms with E-state index in [1.807, 2.05) is 14.2 Å². The van der Waals surface area contributed by atoms with E-state index in [1.54, 1.807) is 11.1 Å². The van der Waals surface area contributed by atoms with Crippen LogP contribution in [0, 0.1) is 0 Å². The Morgan fingerprint density at radius 1 is 0.750 bits per heavy atom. The molecule has 1 spiro atoms. The molecule has 2 nitrogen and oxygen atoms in total. The van der Waals surface area contributed by atoms with Crippen molar-refractivity contribution in [1.82, 2.24) is 0 Å². The summed E-state index contributed by atoms with van der Waals surface area (Å²) in [6, 6.07) is 15.8. The van der Waals surface area contributed by atoms with Crippen molar-refractivity contribution in [2.45, 2.75) is 43.9 Å². The number of methoxy groups -OCH3 is 2. The predicted octanol–water partition coefficient (Wildman–Crippen LogP) is 5.10. The maximum atomic E-state index is 5.89. The molecule has 0 saturated heterocycles. The quantitative estimate of drug-likeness (QED) is 0.586. The van der Waals surface area contributed by atoms with Crippen LogP contribution in [0.15, 0.2) is 42.5 Å². The number of ether oxygens (including phenoxy) is 2. The second-order valence-corrected chi connectivity index (χ2v) is 8.57. The summed E-state index contributed by atoms with van der Waals surface area (Å²) in [7, 11) is 3.63. The summed E-state index contributed by atoms with van der Waals surface area (Å²) in [5.41, 5.74) is 12.0. The highest BCUT2D eigenvalue weighted by Crippen LogP contribution is 2.57. The molecule has 0 N–H and O–H groups in total. The summed E-state index contributed by atoms with van der Waals surface area (Å²) in [6.07, 6.45) is 6.66. The largest absolute Gasteiger partial charge is 0.496 e. The summed E-state index contributed by atoms with van der Waals surface area (Å²) in [5, 5.41) is 0. The molecule has 0 saturated carbocycles. The van der Waals surface area contributed by atoms with Crippen molar-refractivity contribution in [2.24, 2.45) is 0 Å². The molecule has 3 aromatic rings. The lowest BCUT2D eigenvalue weighted by molar-refractivity contribution is 0.404. The van der Waals surface area contributed by atoms with E-state index in [0.29, 0.717) is 0 Å². The van der Waals surface area contributed by atoms with Gasteiger partial charge in [0, 0.05) is 11.0 Å². The van der Waals surface area contributed by atoms with Gasteiger partial charge in [0.1, 0.15) is 11.5 Å². The van der Waals surface area contributed by atoms with Crippen LogP contribution in [0.3, 0.4) is 0 Å². The second kappa shape index (κ2) is 5.70. The van der Waals surface area contributed by atoms with Crippen LogP contribution in [0.2, 0.25) is 0 Å². The Morgan fingerprint density at radius 2 is 1.36 bits per heavy atom. The molecule has 3 aromatic carbocycles. The standard InChI is InChI=1S/C26H25O2/c1-27-22-8-6-16-10-12-26-13-11-17-7-9-23(28-2)21(25(17)26)15-19-5-3-4-18(19)14-20(22)24(16)26/h3-9H,10-15H2,1-2H3/q-1. The van der Waals surface area contributed by atoms with Crippen molar-refractivity contribution < 1.29 is 9.47 Å². The zero-order valence-electron chi connectivity index (χ0n) is 16.6. The molecular formula is C26H25O2-. The maximum Gasteiger partial charge on any atom is 0.122 e. The molecule has 0 amide bonds. The van der Waals surface area contributed by atoms with Gasteiger partial charge in [-0.3, -0.25) is 0 Å². The molecule has 0 bridgehead atoms. The van der Waals surface area contributed by atoms with Crippen LogP contribution >= 0.6 is 0 Å². The number of hydrogen-bond donors (Lipinski definition) is 0. The van der Waals surface area contributed by atoms with E-state index in [1.165, 1.54) is 46.2 Å². The minimum Gasteiger partial charge on any atom is -0.496 e. The van der Waals surface area contributed by atoms with Gasteiger partial charge in [0.15, 0.2) is 0 Å². The highest BCUT2D eigenvalue weighted by Gasteiger charge is 2.48. The molecule has 142 valence electrons. The van der Waals surface area contributed by atoms with Crippen molar-refractivity contribution in [3.05, 3.63) is 87.0 Å². The van der Waals surface area contributed by atoms with Gasteiger partial charge in [-0.25, -0.2) is 6.07 Å². The highest BCUT2D eigenvalue weighted by molar-refractivity contribution is 5.66. The van der Waals surface area contributed by atoms with Gasteiger partial charge in [-0.2, -0.15) is 23.3 Å². The summed E-state index contributed by atoms with van der Waals surface area (Å²) in [6.45, 7) is 0. The molecule has 0 heterocycles. The van der Waals surface area contributed by atoms with Crippen molar-refractivity contribution in [3.8, 4) is 11.5 Å². The van der Waals surface area contributed by atoms with Crippen LogP contribution in [-0.2, 0) is 31.1 Å². The predicted molar refractivity (Wildman–Crippen MR) is 111 cm³/mol. The Balaban J connectivity index is 1.76. The maximum absolute atomic E-state index is 5.89. The third-order valence-corrected chi connectivity index (χ3v) is 7.49. The van der Waals surface area contributed by atoms with Gasteiger partial charge in [-0.1, -0.05) is 18.6 Å². The average molecular weight is 369 g/mol. The highest BCUT2D eigenvalue weighted by atomic mass is 16.5. The van der Waals surface area contributed by atoms with Crippen LogP contribution in [0.1, 0.15) is 57.3 Å². The van der Waals surface area contributed by atoms with E-state index >= 15 is 0 Å². The number of benzene rings is 2. The van der Waals surface area contributed by atoms with Gasteiger partial charge in [-0.05, 0) is 72.1 Å². The van der Waals surface area contributed by atoms with Crippen LogP contribution in [0.5, 0.6) is 11.5 Å². The Morgan fingerprint density at radius 3 is 1.96 bits per heavy atom. The van der Waals surface area contributed by atoms with E-state index in [9.17, 15) is 0 Å². The van der Waals surface area contributed by atoms with E-state index in [0.717, 1.165) is 37.2 Å². The molecule has 2 heteroatoms. The van der Waals surface area contributed by atoms with Gasteiger partial charge in [0.25, 0.3) is 0 Å². The van der Waals surface area contributed by atoms with Crippen LogP contribution in [0.4, 0.5) is 0 Å². The first-order chi connectivity index (χ1) is 13.7. The number of rotatable bonds is 2. The van der Waals surface area contributed by atoms with Gasteiger partial charge in [0.05, 0.1) is 14.2 Å². The Kier molecular flexibility index (Phi) is 3.33. The summed E-state index contributed by atoms with van der Waals surface area (Å²) in [5.74, 6) is 2.10. The smallest absolute Gasteiger partial charge is 0.122 e. The Labute approximate surface area is 166 Å². The lowest BCUT2D eigenvalue weighted by Crippen LogP contribution is -2.24. The number of fused-ring (bicyclic) bond motifs is 1. The van der Waals surface area contributed by atoms with Crippen LogP contribution < -0.4 is 9.47 Å². The minimum absolute atomic E-state index is 0.127. The fourth-order valence-electron chi connectivity index (χ4n) is 6.36. The van der Waals surface area contributed by atoms with E-state index in [-0.39, 0.29) is 5.41 Å². The average Bonchev–Trinajstić information content (AvgIpc) is 3.41. The first-order valence-electron chi connectivity index (χ1n) is 10.4. The lowest BCUT2D eigenvalue weighted by atomic mass is 9.72. The van der Waals surface area contributed by atoms with Crippen molar-refractivity contribution >= 4 is 0 Å². The molecule has 0 aliphatic heterocycles. The lowest BCUT2D eigenvalue weighted by Gasteiger charge is -2.31. The first-order valence-corrected chi connectivity index (χ1v) is 10.4. The molecule has 0 fully saturated rings. The topological polar surface area (TPSA) is 18.5 Å². The van der Waals surface area contributed by atoms with Gasteiger partial charge in [-0.15, -0.1) is 0 Å². The second-order valence-electron chi connectivity index (χ2n) is 8.57. The monoisotopic (exact) mass is 369 g/mol. The zero-order valence-corrected chi connectivity index (χ0v) is 16.6. The van der Waals surface area contributed by atoms with Crippen molar-refractivity contribution in [1.29, 1.82) is 0 Å². The fourth-order valence-corrected chi connectivity index (χ4v) is 6.36. The Hall–Kier alpha value is -2.61. The van der Waals surface area contributed by atoms with E-state index in [4.69, 9.17) is 9.47 Å². The van der Waals surface area contributed by atoms with Gasteiger partial charge >= 0.3 is 0 Å². The molecule has 6 rings (SSSR count). The Bertz CT molecular complexity index is 1020. The molecule has 0 radical (unpaired) electrons. The molecule has 0 aromatic heterocycles. The summed E-state index contributed by atoms with van der Waals surface area (Å²) >= 11 is 0. The third-order valence-electron chi connectivity index (χ3n) is 7.49. The first kappa shape index (κ1) is 16.4. The molecule has 3 aliphatic carbocycles. The van der Waals surface area contributed by atoms with Crippen molar-refractivity contribution in [3.63, 3.8) is 0 Å². The fraction of sp³-hybridized carbons (Fsp3) is 0.346. The molecule has 28 heavy (non-hydrogen) atoms. The minimum atomic E-state index is 0.127. The summed E-state index contributed by atoms with van der Waals surface area (Å²) < 4.78 is 11.8. The SMILES string of the molecule is COc1ccc2c3c1Cc1cc[cH-]c1Cc1c(OC)ccc4c1C3(CC2)CC4. The van der Waals surface area contributed by atoms with E-state index in [2.05, 4.69) is 42.5 Å².